The van der Waals surface area contributed by atoms with Crippen molar-refractivity contribution < 1.29 is 18.0 Å². The van der Waals surface area contributed by atoms with Crippen LogP contribution in [-0.4, -0.2) is 26.2 Å². The summed E-state index contributed by atoms with van der Waals surface area (Å²) < 4.78 is 27.7. The third-order valence-corrected chi connectivity index (χ3v) is 5.47. The van der Waals surface area contributed by atoms with Crippen molar-refractivity contribution in [1.29, 1.82) is 0 Å². The molecule has 2 N–H and O–H groups in total. The quantitative estimate of drug-likeness (QED) is 0.697. The summed E-state index contributed by atoms with van der Waals surface area (Å²) in [5, 5.41) is 2.59. The minimum absolute atomic E-state index is 0.0638. The highest BCUT2D eigenvalue weighted by Gasteiger charge is 2.22. The molecule has 0 unspecified atom stereocenters. The normalized spacial score (nSPS) is 12.4. The summed E-state index contributed by atoms with van der Waals surface area (Å²) in [7, 11) is -3.82. The molecule has 0 radical (unpaired) electrons. The third kappa shape index (κ3) is 5.22. The Hall–Kier alpha value is -2.03. The Morgan fingerprint density at radius 2 is 1.72 bits per heavy atom. The zero-order valence-corrected chi connectivity index (χ0v) is 16.0. The van der Waals surface area contributed by atoms with Crippen molar-refractivity contribution in [3.05, 3.63) is 58.6 Å². The van der Waals surface area contributed by atoms with Crippen LogP contribution >= 0.6 is 15.9 Å². The van der Waals surface area contributed by atoms with Gasteiger partial charge in [-0.2, -0.15) is 4.72 Å². The van der Waals surface area contributed by atoms with Crippen LogP contribution in [-0.2, 0) is 14.8 Å². The number of benzene rings is 2. The number of hydrogen-bond acceptors (Lipinski definition) is 4. The van der Waals surface area contributed by atoms with Gasteiger partial charge in [-0.15, -0.1) is 0 Å². The summed E-state index contributed by atoms with van der Waals surface area (Å²) >= 11 is 3.24. The smallest absolute Gasteiger partial charge is 0.242 e. The summed E-state index contributed by atoms with van der Waals surface area (Å²) in [6, 6.07) is 11.5. The molecule has 0 saturated heterocycles. The number of anilines is 1. The van der Waals surface area contributed by atoms with Crippen molar-refractivity contribution in [3.8, 4) is 0 Å². The van der Waals surface area contributed by atoms with Gasteiger partial charge >= 0.3 is 0 Å². The van der Waals surface area contributed by atoms with Gasteiger partial charge in [-0.05, 0) is 50.2 Å². The number of sulfonamides is 1. The van der Waals surface area contributed by atoms with Crippen LogP contribution in [0, 0.1) is 0 Å². The van der Waals surface area contributed by atoms with Gasteiger partial charge in [0.15, 0.2) is 5.78 Å². The lowest BCUT2D eigenvalue weighted by Gasteiger charge is -2.15. The number of halogens is 1. The highest BCUT2D eigenvalue weighted by atomic mass is 79.9. The van der Waals surface area contributed by atoms with Gasteiger partial charge < -0.3 is 5.32 Å². The maximum Gasteiger partial charge on any atom is 0.242 e. The van der Waals surface area contributed by atoms with Gasteiger partial charge in [0, 0.05) is 15.7 Å². The maximum absolute atomic E-state index is 12.3. The first kappa shape index (κ1) is 19.3. The summed E-state index contributed by atoms with van der Waals surface area (Å²) in [4.78, 5) is 23.7. The largest absolute Gasteiger partial charge is 0.325 e. The second kappa shape index (κ2) is 7.90. The molecule has 0 heterocycles. The molecule has 25 heavy (non-hydrogen) atoms. The molecule has 2 aromatic rings. The third-order valence-electron chi connectivity index (χ3n) is 3.39. The number of carbonyl (C=O) groups is 2. The van der Waals surface area contributed by atoms with E-state index in [0.717, 1.165) is 4.47 Å². The van der Waals surface area contributed by atoms with Crippen molar-refractivity contribution in [2.24, 2.45) is 0 Å². The molecular formula is C17H17BrN2O4S. The number of hydrogen-bond donors (Lipinski definition) is 2. The Morgan fingerprint density at radius 3 is 2.32 bits per heavy atom. The molecule has 0 aliphatic rings. The number of ketones is 1. The van der Waals surface area contributed by atoms with Crippen molar-refractivity contribution >= 4 is 43.3 Å². The van der Waals surface area contributed by atoms with Gasteiger partial charge in [0.25, 0.3) is 0 Å². The average Bonchev–Trinajstić information content (AvgIpc) is 2.55. The Morgan fingerprint density at radius 1 is 1.08 bits per heavy atom. The molecule has 0 aromatic heterocycles. The second-order valence-electron chi connectivity index (χ2n) is 5.42. The van der Waals surface area contributed by atoms with Crippen molar-refractivity contribution in [2.75, 3.05) is 5.32 Å². The maximum atomic E-state index is 12.3. The van der Waals surface area contributed by atoms with E-state index in [-0.39, 0.29) is 10.7 Å². The van der Waals surface area contributed by atoms with Crippen LogP contribution in [0.2, 0.25) is 0 Å². The lowest BCUT2D eigenvalue weighted by molar-refractivity contribution is -0.117. The van der Waals surface area contributed by atoms with Crippen LogP contribution < -0.4 is 10.0 Å². The van der Waals surface area contributed by atoms with Crippen molar-refractivity contribution in [2.45, 2.75) is 24.8 Å². The van der Waals surface area contributed by atoms with Gasteiger partial charge in [0.2, 0.25) is 15.9 Å². The molecule has 0 saturated carbocycles. The molecule has 0 fully saturated rings. The highest BCUT2D eigenvalue weighted by Crippen LogP contribution is 2.15. The first-order valence-electron chi connectivity index (χ1n) is 7.39. The molecule has 8 heteroatoms. The number of carbonyl (C=O) groups excluding carboxylic acids is 2. The lowest BCUT2D eigenvalue weighted by atomic mass is 10.1. The van der Waals surface area contributed by atoms with E-state index in [1.54, 1.807) is 30.3 Å². The van der Waals surface area contributed by atoms with Crippen LogP contribution in [0.1, 0.15) is 24.2 Å². The summed E-state index contributed by atoms with van der Waals surface area (Å²) in [5.41, 5.74) is 0.883. The fraction of sp³-hybridized carbons (Fsp3) is 0.176. The first-order valence-corrected chi connectivity index (χ1v) is 9.66. The van der Waals surface area contributed by atoms with Gasteiger partial charge in [0.05, 0.1) is 10.9 Å². The fourth-order valence-corrected chi connectivity index (χ4v) is 3.50. The van der Waals surface area contributed by atoms with E-state index in [0.29, 0.717) is 11.3 Å². The lowest BCUT2D eigenvalue weighted by Crippen LogP contribution is -2.41. The van der Waals surface area contributed by atoms with Gasteiger partial charge in [0.1, 0.15) is 0 Å². The molecule has 0 spiro atoms. The molecule has 0 bridgehead atoms. The van der Waals surface area contributed by atoms with E-state index in [2.05, 4.69) is 26.0 Å². The van der Waals surface area contributed by atoms with Gasteiger partial charge in [-0.1, -0.05) is 28.1 Å². The van der Waals surface area contributed by atoms with Crippen LogP contribution in [0.5, 0.6) is 0 Å². The Balaban J connectivity index is 2.08. The number of nitrogens with one attached hydrogen (secondary N) is 2. The molecule has 132 valence electrons. The molecule has 6 nitrogen and oxygen atoms in total. The Kier molecular flexibility index (Phi) is 6.10. The first-order chi connectivity index (χ1) is 11.7. The van der Waals surface area contributed by atoms with Crippen LogP contribution in [0.4, 0.5) is 5.69 Å². The zero-order chi connectivity index (χ0) is 18.6. The monoisotopic (exact) mass is 424 g/mol. The van der Waals surface area contributed by atoms with E-state index in [1.807, 2.05) is 0 Å². The summed E-state index contributed by atoms with van der Waals surface area (Å²) in [5.74, 6) is -0.651. The minimum atomic E-state index is -3.82. The Bertz CT molecular complexity index is 895. The molecule has 0 aliphatic heterocycles. The van der Waals surface area contributed by atoms with E-state index in [9.17, 15) is 18.0 Å². The number of Topliss-reactive ketones (excluding diaryl/α,β-unsaturated/α-hetero) is 1. The Labute approximate surface area is 154 Å². The topological polar surface area (TPSA) is 92.3 Å². The molecule has 2 rings (SSSR count). The van der Waals surface area contributed by atoms with Gasteiger partial charge in [-0.3, -0.25) is 9.59 Å². The van der Waals surface area contributed by atoms with E-state index < -0.39 is 22.0 Å². The van der Waals surface area contributed by atoms with Crippen molar-refractivity contribution in [1.82, 2.24) is 4.72 Å². The second-order valence-corrected chi connectivity index (χ2v) is 8.05. The standard InChI is InChI=1S/C17H17BrN2O4S/c1-11(20-25(23,24)16-8-6-14(18)7-9-16)17(22)19-15-5-3-4-13(10-15)12(2)21/h3-11,20H,1-2H3,(H,19,22)/t11-/m0/s1. The molecule has 0 aliphatic carbocycles. The molecule has 2 aromatic carbocycles. The van der Waals surface area contributed by atoms with Crippen LogP contribution in [0.25, 0.3) is 0 Å². The highest BCUT2D eigenvalue weighted by molar-refractivity contribution is 9.10. The fourth-order valence-electron chi connectivity index (χ4n) is 2.03. The van der Waals surface area contributed by atoms with Crippen LogP contribution in [0.3, 0.4) is 0 Å². The predicted molar refractivity (Wildman–Crippen MR) is 99.0 cm³/mol. The van der Waals surface area contributed by atoms with E-state index in [1.165, 1.54) is 32.0 Å². The summed E-state index contributed by atoms with van der Waals surface area (Å²) in [6.45, 7) is 2.87. The van der Waals surface area contributed by atoms with E-state index in [4.69, 9.17) is 0 Å². The number of amides is 1. The average molecular weight is 425 g/mol. The zero-order valence-electron chi connectivity index (χ0n) is 13.6. The molecule has 1 amide bonds. The number of rotatable bonds is 6. The van der Waals surface area contributed by atoms with Crippen molar-refractivity contribution in [3.63, 3.8) is 0 Å². The minimum Gasteiger partial charge on any atom is -0.325 e. The predicted octanol–water partition coefficient (Wildman–Crippen LogP) is 2.96. The molecular weight excluding hydrogens is 408 g/mol. The SMILES string of the molecule is CC(=O)c1cccc(NC(=O)[C@H](C)NS(=O)(=O)c2ccc(Br)cc2)c1. The molecule has 1 atom stereocenters. The summed E-state index contributed by atoms with van der Waals surface area (Å²) in [6.07, 6.45) is 0. The van der Waals surface area contributed by atoms with Gasteiger partial charge in [-0.25, -0.2) is 8.42 Å². The van der Waals surface area contributed by atoms with E-state index >= 15 is 0 Å². The van der Waals surface area contributed by atoms with Crippen LogP contribution in [0.15, 0.2) is 57.9 Å².